The van der Waals surface area contributed by atoms with Gasteiger partial charge in [0, 0.05) is 5.56 Å². The fourth-order valence-electron chi connectivity index (χ4n) is 2.44. The van der Waals surface area contributed by atoms with Gasteiger partial charge in [0.05, 0.1) is 27.4 Å². The molecule has 24 heavy (non-hydrogen) atoms. The van der Waals surface area contributed by atoms with E-state index in [4.69, 9.17) is 9.47 Å². The molecule has 0 saturated heterocycles. The van der Waals surface area contributed by atoms with E-state index in [0.29, 0.717) is 22.4 Å². The number of ether oxygens (including phenoxy) is 2. The highest BCUT2D eigenvalue weighted by Crippen LogP contribution is 2.37. The van der Waals surface area contributed by atoms with Gasteiger partial charge < -0.3 is 29.9 Å². The number of benzene rings is 2. The van der Waals surface area contributed by atoms with E-state index < -0.39 is 0 Å². The first-order chi connectivity index (χ1) is 11.5. The van der Waals surface area contributed by atoms with Gasteiger partial charge in [0.15, 0.2) is 11.5 Å². The average molecular weight is 332 g/mol. The molecule has 0 aliphatic rings. The molecule has 0 heterocycles. The van der Waals surface area contributed by atoms with Gasteiger partial charge in [-0.25, -0.2) is 0 Å². The molecule has 0 spiro atoms. The third kappa shape index (κ3) is 3.61. The molecule has 2 aromatic rings. The molecule has 2 rings (SSSR count). The zero-order valence-corrected chi connectivity index (χ0v) is 13.5. The lowest BCUT2D eigenvalue weighted by atomic mass is 10.0. The van der Waals surface area contributed by atoms with Crippen LogP contribution < -0.4 is 9.47 Å². The molecule has 0 fully saturated rings. The minimum atomic E-state index is -0.233. The van der Waals surface area contributed by atoms with Crippen molar-refractivity contribution in [3.63, 3.8) is 0 Å². The quantitative estimate of drug-likeness (QED) is 0.606. The van der Waals surface area contributed by atoms with Crippen molar-refractivity contribution in [2.24, 2.45) is 0 Å². The van der Waals surface area contributed by atoms with Gasteiger partial charge in [-0.15, -0.1) is 0 Å². The van der Waals surface area contributed by atoms with E-state index in [0.717, 1.165) is 5.56 Å². The number of aliphatic hydroxyl groups is 2. The zero-order chi connectivity index (χ0) is 17.7. The zero-order valence-electron chi connectivity index (χ0n) is 13.5. The maximum absolute atomic E-state index is 9.80. The van der Waals surface area contributed by atoms with Gasteiger partial charge in [0.25, 0.3) is 0 Å². The van der Waals surface area contributed by atoms with E-state index >= 15 is 0 Å². The largest absolute Gasteiger partial charge is 0.504 e. The highest BCUT2D eigenvalue weighted by molar-refractivity contribution is 5.73. The summed E-state index contributed by atoms with van der Waals surface area (Å²) < 4.78 is 10.1. The summed E-state index contributed by atoms with van der Waals surface area (Å²) in [5.74, 6) is 0.163. The molecule has 128 valence electrons. The van der Waals surface area contributed by atoms with Crippen LogP contribution in [0.25, 0.3) is 12.2 Å². The minimum Gasteiger partial charge on any atom is -0.504 e. The van der Waals surface area contributed by atoms with Gasteiger partial charge in [-0.2, -0.15) is 0 Å². The van der Waals surface area contributed by atoms with Crippen LogP contribution in [0.1, 0.15) is 22.3 Å². The summed E-state index contributed by atoms with van der Waals surface area (Å²) in [5.41, 5.74) is 2.42. The standard InChI is InChI=1S/C18H20O6/c1-23-17-8-11(5-13(9-19)14(17)10-20)3-4-12-6-15(21)18(24-2)16(22)7-12/h3-8,19-22H,9-10H2,1-2H3. The molecule has 0 amide bonds. The van der Waals surface area contributed by atoms with Gasteiger partial charge >= 0.3 is 0 Å². The maximum Gasteiger partial charge on any atom is 0.202 e. The van der Waals surface area contributed by atoms with Crippen LogP contribution in [0.2, 0.25) is 0 Å². The molecule has 6 heteroatoms. The Balaban J connectivity index is 2.39. The monoisotopic (exact) mass is 332 g/mol. The summed E-state index contributed by atoms with van der Waals surface area (Å²) in [6, 6.07) is 6.38. The normalized spacial score (nSPS) is 11.0. The first-order valence-electron chi connectivity index (χ1n) is 7.23. The number of rotatable bonds is 6. The molecular weight excluding hydrogens is 312 g/mol. The Hall–Kier alpha value is -2.70. The molecular formula is C18H20O6. The lowest BCUT2D eigenvalue weighted by Gasteiger charge is -2.12. The number of aromatic hydroxyl groups is 2. The highest BCUT2D eigenvalue weighted by Gasteiger charge is 2.10. The molecule has 0 unspecified atom stereocenters. The van der Waals surface area contributed by atoms with E-state index in [1.165, 1.54) is 26.4 Å². The second-order valence-corrected chi connectivity index (χ2v) is 5.10. The van der Waals surface area contributed by atoms with Crippen molar-refractivity contribution >= 4 is 12.2 Å². The summed E-state index contributed by atoms with van der Waals surface area (Å²) in [6.07, 6.45) is 3.43. The molecule has 0 aliphatic heterocycles. The van der Waals surface area contributed by atoms with Gasteiger partial charge in [-0.3, -0.25) is 0 Å². The van der Waals surface area contributed by atoms with E-state index in [1.807, 2.05) is 0 Å². The van der Waals surface area contributed by atoms with Crippen molar-refractivity contribution in [3.05, 3.63) is 46.5 Å². The summed E-state index contributed by atoms with van der Waals surface area (Å²) in [7, 11) is 2.85. The van der Waals surface area contributed by atoms with Crippen molar-refractivity contribution in [2.45, 2.75) is 13.2 Å². The maximum atomic E-state index is 9.80. The fraction of sp³-hybridized carbons (Fsp3) is 0.222. The third-order valence-electron chi connectivity index (χ3n) is 3.62. The lowest BCUT2D eigenvalue weighted by molar-refractivity contribution is 0.254. The van der Waals surface area contributed by atoms with Gasteiger partial charge in [0.2, 0.25) is 5.75 Å². The Bertz CT molecular complexity index is 703. The van der Waals surface area contributed by atoms with Gasteiger partial charge in [0.1, 0.15) is 5.75 Å². The van der Waals surface area contributed by atoms with E-state index in [2.05, 4.69) is 0 Å². The van der Waals surface area contributed by atoms with Crippen LogP contribution in [0.3, 0.4) is 0 Å². The van der Waals surface area contributed by atoms with Crippen LogP contribution in [0.4, 0.5) is 0 Å². The molecule has 0 aromatic heterocycles. The molecule has 2 aromatic carbocycles. The van der Waals surface area contributed by atoms with Gasteiger partial charge in [-0.1, -0.05) is 12.2 Å². The van der Waals surface area contributed by atoms with Gasteiger partial charge in [-0.05, 0) is 41.0 Å². The van der Waals surface area contributed by atoms with Crippen LogP contribution in [-0.4, -0.2) is 34.6 Å². The summed E-state index contributed by atoms with van der Waals surface area (Å²) >= 11 is 0. The first kappa shape index (κ1) is 17.7. The Morgan fingerprint density at radius 3 is 1.88 bits per heavy atom. The number of hydrogen-bond acceptors (Lipinski definition) is 6. The van der Waals surface area contributed by atoms with Crippen LogP contribution in [0.15, 0.2) is 24.3 Å². The molecule has 0 aliphatic carbocycles. The molecule has 0 atom stereocenters. The van der Waals surface area contributed by atoms with Crippen molar-refractivity contribution in [3.8, 4) is 23.0 Å². The number of aliphatic hydroxyl groups excluding tert-OH is 2. The third-order valence-corrected chi connectivity index (χ3v) is 3.62. The molecule has 0 bridgehead atoms. The Morgan fingerprint density at radius 1 is 0.833 bits per heavy atom. The van der Waals surface area contributed by atoms with Crippen molar-refractivity contribution in [1.29, 1.82) is 0 Å². The smallest absolute Gasteiger partial charge is 0.202 e. The molecule has 6 nitrogen and oxygen atoms in total. The summed E-state index contributed by atoms with van der Waals surface area (Å²) in [6.45, 7) is -0.457. The van der Waals surface area contributed by atoms with Crippen LogP contribution >= 0.6 is 0 Å². The summed E-state index contributed by atoms with van der Waals surface area (Å²) in [4.78, 5) is 0. The van der Waals surface area contributed by atoms with Crippen molar-refractivity contribution < 1.29 is 29.9 Å². The highest BCUT2D eigenvalue weighted by atomic mass is 16.5. The second kappa shape index (κ2) is 7.72. The predicted octanol–water partition coefficient (Wildman–Crippen LogP) is 2.27. The van der Waals surface area contributed by atoms with Crippen LogP contribution in [0.5, 0.6) is 23.0 Å². The number of phenols is 2. The second-order valence-electron chi connectivity index (χ2n) is 5.10. The Kier molecular flexibility index (Phi) is 5.68. The van der Waals surface area contributed by atoms with Crippen LogP contribution in [0, 0.1) is 0 Å². The van der Waals surface area contributed by atoms with Crippen molar-refractivity contribution in [1.82, 2.24) is 0 Å². The van der Waals surface area contributed by atoms with E-state index in [9.17, 15) is 20.4 Å². The summed E-state index contributed by atoms with van der Waals surface area (Å²) in [5, 5.41) is 38.4. The first-order valence-corrected chi connectivity index (χ1v) is 7.23. The number of phenolic OH excluding ortho intramolecular Hbond substituents is 2. The average Bonchev–Trinajstić information content (AvgIpc) is 2.58. The number of hydrogen-bond donors (Lipinski definition) is 4. The SMILES string of the molecule is COc1cc(C=Cc2cc(O)c(OC)c(O)c2)cc(CO)c1CO. The number of methoxy groups -OCH3 is 2. The lowest BCUT2D eigenvalue weighted by Crippen LogP contribution is -1.99. The van der Waals surface area contributed by atoms with Crippen molar-refractivity contribution in [2.75, 3.05) is 14.2 Å². The van der Waals surface area contributed by atoms with E-state index in [-0.39, 0.29) is 30.5 Å². The topological polar surface area (TPSA) is 99.4 Å². The fourth-order valence-corrected chi connectivity index (χ4v) is 2.44. The molecule has 0 saturated carbocycles. The van der Waals surface area contributed by atoms with E-state index in [1.54, 1.807) is 24.3 Å². The Labute approximate surface area is 139 Å². The van der Waals surface area contributed by atoms with Crippen LogP contribution in [-0.2, 0) is 13.2 Å². The molecule has 4 N–H and O–H groups in total. The predicted molar refractivity (Wildman–Crippen MR) is 90.1 cm³/mol. The molecule has 0 radical (unpaired) electrons. The minimum absolute atomic E-state index is 0.0173. The Morgan fingerprint density at radius 2 is 1.42 bits per heavy atom.